The van der Waals surface area contributed by atoms with Crippen LogP contribution in [-0.2, 0) is 11.0 Å². The molecule has 0 spiro atoms. The van der Waals surface area contributed by atoms with Crippen LogP contribution in [0.15, 0.2) is 36.4 Å². The number of hydrogen-bond acceptors (Lipinski definition) is 8. The molecule has 0 unspecified atom stereocenters. The zero-order chi connectivity index (χ0) is 29.2. The minimum absolute atomic E-state index is 0.0528. The van der Waals surface area contributed by atoms with Gasteiger partial charge in [-0.2, -0.15) is 5.10 Å². The van der Waals surface area contributed by atoms with E-state index < -0.39 is 20.0 Å². The van der Waals surface area contributed by atoms with Crippen molar-refractivity contribution < 1.29 is 22.7 Å². The summed E-state index contributed by atoms with van der Waals surface area (Å²) in [5.74, 6) is -0.886. The number of benzene rings is 2. The van der Waals surface area contributed by atoms with Gasteiger partial charge < -0.3 is 25.4 Å². The van der Waals surface area contributed by atoms with Gasteiger partial charge in [-0.3, -0.25) is 4.68 Å². The molecule has 9 nitrogen and oxygen atoms in total. The first-order valence-corrected chi connectivity index (χ1v) is 16.0. The Hall–Kier alpha value is -3.77. The number of nitrogen functional groups attached to an aromatic ring is 2. The zero-order valence-electron chi connectivity index (χ0n) is 23.7. The maximum absolute atomic E-state index is 14.8. The minimum atomic E-state index is -1.93. The Labute approximate surface area is 233 Å². The van der Waals surface area contributed by atoms with Crippen LogP contribution in [0.1, 0.15) is 33.3 Å². The summed E-state index contributed by atoms with van der Waals surface area (Å²) in [6.07, 6.45) is 0. The Bertz CT molecular complexity index is 1470. The number of anilines is 2. The van der Waals surface area contributed by atoms with E-state index >= 15 is 0 Å². The molecule has 4 aromatic rings. The van der Waals surface area contributed by atoms with E-state index in [9.17, 15) is 8.78 Å². The summed E-state index contributed by atoms with van der Waals surface area (Å²) >= 11 is 0. The molecule has 214 valence electrons. The summed E-state index contributed by atoms with van der Waals surface area (Å²) in [6, 6.07) is 9.56. The van der Waals surface area contributed by atoms with Gasteiger partial charge in [0.1, 0.15) is 29.7 Å². The Balaban J connectivity index is 1.60. The van der Waals surface area contributed by atoms with Gasteiger partial charge in [-0.1, -0.05) is 39.0 Å². The predicted molar refractivity (Wildman–Crippen MR) is 155 cm³/mol. The molecular formula is C28H36F2N6O3Si. The molecule has 4 rings (SSSR count). The predicted octanol–water partition coefficient (Wildman–Crippen LogP) is 5.78. The number of para-hydroxylation sites is 1. The van der Waals surface area contributed by atoms with Crippen molar-refractivity contribution >= 4 is 30.9 Å². The molecule has 0 radical (unpaired) electrons. The van der Waals surface area contributed by atoms with Crippen LogP contribution in [-0.4, -0.2) is 47.9 Å². The maximum atomic E-state index is 14.8. The fourth-order valence-corrected chi connectivity index (χ4v) is 4.97. The standard InChI is InChI=1S/C28H36F2N6O3Si/c1-7-37-17-14-20(29)19(21(30)15-17)16-36-22-11-9-8-10-18(22)23(35-36)27-33-25(31)24(26(32)34-27)38-12-13-39-40(5,6)28(2,3)4/h8-11,14-15H,7,12-13,16H2,1-6H3,(H4,31,32,33,34). The van der Waals surface area contributed by atoms with Gasteiger partial charge in [0.05, 0.1) is 25.3 Å². The molecule has 0 aliphatic heterocycles. The average molecular weight is 571 g/mol. The Kier molecular flexibility index (Phi) is 8.31. The number of hydrogen-bond donors (Lipinski definition) is 2. The van der Waals surface area contributed by atoms with Crippen LogP contribution < -0.4 is 20.9 Å². The SMILES string of the molecule is CCOc1cc(F)c(Cn2nc(-c3nc(N)c(OCCO[Si](C)(C)C(C)(C)C)c(N)n3)c3ccccc32)c(F)c1. The molecule has 0 aliphatic rings. The molecule has 2 heterocycles. The van der Waals surface area contributed by atoms with Crippen molar-refractivity contribution in [2.75, 3.05) is 31.3 Å². The molecule has 2 aromatic heterocycles. The van der Waals surface area contributed by atoms with Gasteiger partial charge in [0, 0.05) is 23.1 Å². The van der Waals surface area contributed by atoms with E-state index in [1.807, 2.05) is 18.2 Å². The summed E-state index contributed by atoms with van der Waals surface area (Å²) in [7, 11) is -1.93. The summed E-state index contributed by atoms with van der Waals surface area (Å²) in [5.41, 5.74) is 13.3. The third kappa shape index (κ3) is 6.02. The Morgan fingerprint density at radius 1 is 0.950 bits per heavy atom. The monoisotopic (exact) mass is 570 g/mol. The van der Waals surface area contributed by atoms with E-state index in [1.54, 1.807) is 13.0 Å². The molecule has 0 fully saturated rings. The fraction of sp³-hybridized carbons (Fsp3) is 0.393. The lowest BCUT2D eigenvalue weighted by Gasteiger charge is -2.36. The highest BCUT2D eigenvalue weighted by Crippen LogP contribution is 2.37. The van der Waals surface area contributed by atoms with Crippen LogP contribution in [0.3, 0.4) is 0 Å². The van der Waals surface area contributed by atoms with Crippen molar-refractivity contribution in [1.82, 2.24) is 19.7 Å². The third-order valence-corrected chi connectivity index (χ3v) is 11.7. The lowest BCUT2D eigenvalue weighted by Crippen LogP contribution is -2.41. The Morgan fingerprint density at radius 2 is 1.57 bits per heavy atom. The first-order chi connectivity index (χ1) is 18.8. The van der Waals surface area contributed by atoms with Crippen LogP contribution >= 0.6 is 0 Å². The molecule has 0 bridgehead atoms. The largest absolute Gasteiger partial charge is 0.494 e. The highest BCUT2D eigenvalue weighted by atomic mass is 28.4. The lowest BCUT2D eigenvalue weighted by molar-refractivity contribution is 0.204. The second-order valence-electron chi connectivity index (χ2n) is 10.9. The van der Waals surface area contributed by atoms with Gasteiger partial charge in [0.2, 0.25) is 5.75 Å². The van der Waals surface area contributed by atoms with Crippen LogP contribution in [0.2, 0.25) is 18.1 Å². The van der Waals surface area contributed by atoms with Gasteiger partial charge in [-0.25, -0.2) is 18.7 Å². The number of rotatable bonds is 10. The molecule has 0 saturated heterocycles. The zero-order valence-corrected chi connectivity index (χ0v) is 24.7. The second-order valence-corrected chi connectivity index (χ2v) is 15.7. The number of nitrogens with two attached hydrogens (primary N) is 2. The second kappa shape index (κ2) is 11.4. The van der Waals surface area contributed by atoms with Crippen molar-refractivity contribution in [2.45, 2.75) is 52.4 Å². The number of ether oxygens (including phenoxy) is 2. The van der Waals surface area contributed by atoms with E-state index in [0.717, 1.165) is 12.1 Å². The quantitative estimate of drug-likeness (QED) is 0.182. The molecule has 12 heteroatoms. The normalized spacial score (nSPS) is 12.2. The average Bonchev–Trinajstić information content (AvgIpc) is 3.23. The van der Waals surface area contributed by atoms with E-state index in [-0.39, 0.29) is 52.7 Å². The number of fused-ring (bicyclic) bond motifs is 1. The molecule has 4 N–H and O–H groups in total. The van der Waals surface area contributed by atoms with Crippen molar-refractivity contribution in [3.05, 3.63) is 53.6 Å². The van der Waals surface area contributed by atoms with Crippen LogP contribution in [0.4, 0.5) is 20.4 Å². The molecule has 0 aliphatic carbocycles. The minimum Gasteiger partial charge on any atom is -0.494 e. The van der Waals surface area contributed by atoms with E-state index in [0.29, 0.717) is 29.8 Å². The highest BCUT2D eigenvalue weighted by molar-refractivity contribution is 6.74. The van der Waals surface area contributed by atoms with Crippen LogP contribution in [0.5, 0.6) is 11.5 Å². The van der Waals surface area contributed by atoms with Gasteiger partial charge in [-0.15, -0.1) is 0 Å². The number of nitrogens with zero attached hydrogens (tertiary/aromatic N) is 4. The van der Waals surface area contributed by atoms with Crippen molar-refractivity contribution in [3.63, 3.8) is 0 Å². The molecule has 0 saturated carbocycles. The van der Waals surface area contributed by atoms with Gasteiger partial charge >= 0.3 is 0 Å². The fourth-order valence-electron chi connectivity index (χ4n) is 3.94. The first kappa shape index (κ1) is 29.2. The van der Waals surface area contributed by atoms with Crippen LogP contribution in [0, 0.1) is 11.6 Å². The topological polar surface area (TPSA) is 123 Å². The maximum Gasteiger partial charge on any atom is 0.204 e. The smallest absolute Gasteiger partial charge is 0.204 e. The summed E-state index contributed by atoms with van der Waals surface area (Å²) in [5, 5.41) is 5.34. The Morgan fingerprint density at radius 3 is 2.17 bits per heavy atom. The first-order valence-electron chi connectivity index (χ1n) is 13.1. The molecule has 0 atom stereocenters. The van der Waals surface area contributed by atoms with Gasteiger partial charge in [0.25, 0.3) is 0 Å². The summed E-state index contributed by atoms with van der Waals surface area (Å²) in [6.45, 7) is 13.3. The van der Waals surface area contributed by atoms with Crippen molar-refractivity contribution in [2.24, 2.45) is 0 Å². The summed E-state index contributed by atoms with van der Waals surface area (Å²) in [4.78, 5) is 8.80. The highest BCUT2D eigenvalue weighted by Gasteiger charge is 2.37. The molecular weight excluding hydrogens is 534 g/mol. The third-order valence-electron chi connectivity index (χ3n) is 7.12. The number of aromatic nitrogens is 4. The molecule has 40 heavy (non-hydrogen) atoms. The van der Waals surface area contributed by atoms with E-state index in [4.69, 9.17) is 25.4 Å². The van der Waals surface area contributed by atoms with Gasteiger partial charge in [-0.05, 0) is 31.1 Å². The molecule has 2 aromatic carbocycles. The summed E-state index contributed by atoms with van der Waals surface area (Å²) < 4.78 is 48.3. The molecule has 0 amide bonds. The van der Waals surface area contributed by atoms with Gasteiger partial charge in [0.15, 0.2) is 25.8 Å². The lowest BCUT2D eigenvalue weighted by atomic mass is 10.1. The van der Waals surface area contributed by atoms with E-state index in [2.05, 4.69) is 48.9 Å². The van der Waals surface area contributed by atoms with E-state index in [1.165, 1.54) is 4.68 Å². The number of halogens is 2. The van der Waals surface area contributed by atoms with Crippen LogP contribution in [0.25, 0.3) is 22.4 Å². The van der Waals surface area contributed by atoms with Crippen molar-refractivity contribution in [1.29, 1.82) is 0 Å². The van der Waals surface area contributed by atoms with Crippen molar-refractivity contribution in [3.8, 4) is 23.0 Å².